The van der Waals surface area contributed by atoms with E-state index in [0.29, 0.717) is 0 Å². The fraction of sp³-hybridized carbons (Fsp3) is 0.111. The number of halogens is 2. The molecule has 2 aromatic carbocycles. The molecule has 0 aromatic heterocycles. The molecule has 0 spiro atoms. The Hall–Kier alpha value is -1.12. The third-order valence-electron chi connectivity index (χ3n) is 3.28. The van der Waals surface area contributed by atoms with Crippen LogP contribution in [0, 0.1) is 0 Å². The van der Waals surface area contributed by atoms with Gasteiger partial charge in [0, 0.05) is 8.96 Å². The fourth-order valence-corrected chi connectivity index (χ4v) is 3.05. The SMILES string of the molecule is CC(/C(C)=C(\Br)c1ccccc1)=C(/Br)c1ccccc1. The van der Waals surface area contributed by atoms with E-state index < -0.39 is 0 Å². The van der Waals surface area contributed by atoms with Crippen LogP contribution in [-0.2, 0) is 0 Å². The maximum atomic E-state index is 3.72. The standard InChI is InChI=1S/C18H16Br2/c1-13(17(19)15-9-5-3-6-10-15)14(2)18(20)16-11-7-4-8-12-16/h3-12H,1-2H3/b17-13-,18-14-. The Morgan fingerprint density at radius 3 is 1.20 bits per heavy atom. The lowest BCUT2D eigenvalue weighted by atomic mass is 10.0. The van der Waals surface area contributed by atoms with Gasteiger partial charge >= 0.3 is 0 Å². The minimum absolute atomic E-state index is 1.13. The molecule has 0 unspecified atom stereocenters. The van der Waals surface area contributed by atoms with Crippen molar-refractivity contribution < 1.29 is 0 Å². The van der Waals surface area contributed by atoms with Crippen LogP contribution in [0.4, 0.5) is 0 Å². The molecule has 2 heteroatoms. The van der Waals surface area contributed by atoms with Crippen molar-refractivity contribution in [2.24, 2.45) is 0 Å². The third kappa shape index (κ3) is 3.50. The smallest absolute Gasteiger partial charge is 0.0279 e. The number of rotatable bonds is 3. The van der Waals surface area contributed by atoms with Gasteiger partial charge in [0.05, 0.1) is 0 Å². The summed E-state index contributed by atoms with van der Waals surface area (Å²) in [6, 6.07) is 20.7. The summed E-state index contributed by atoms with van der Waals surface area (Å²) in [5.74, 6) is 0. The van der Waals surface area contributed by atoms with Crippen LogP contribution < -0.4 is 0 Å². The van der Waals surface area contributed by atoms with Gasteiger partial charge in [-0.15, -0.1) is 0 Å². The molecule has 0 amide bonds. The first-order valence-corrected chi connectivity index (χ1v) is 8.04. The van der Waals surface area contributed by atoms with Gasteiger partial charge in [-0.3, -0.25) is 0 Å². The highest BCUT2D eigenvalue weighted by Gasteiger charge is 2.08. The van der Waals surface area contributed by atoms with E-state index in [4.69, 9.17) is 0 Å². The van der Waals surface area contributed by atoms with E-state index in [1.807, 2.05) is 12.1 Å². The summed E-state index contributed by atoms with van der Waals surface area (Å²) in [7, 11) is 0. The summed E-state index contributed by atoms with van der Waals surface area (Å²) in [6.07, 6.45) is 0. The molecule has 0 radical (unpaired) electrons. The molecule has 0 aliphatic heterocycles. The molecule has 2 aromatic rings. The number of hydrogen-bond donors (Lipinski definition) is 0. The van der Waals surface area contributed by atoms with Gasteiger partial charge in [-0.05, 0) is 68.0 Å². The van der Waals surface area contributed by atoms with Crippen LogP contribution >= 0.6 is 31.9 Å². The maximum absolute atomic E-state index is 3.72. The normalized spacial score (nSPS) is 13.6. The zero-order valence-corrected chi connectivity index (χ0v) is 14.7. The molecule has 2 rings (SSSR count). The van der Waals surface area contributed by atoms with Gasteiger partial charge in [0.1, 0.15) is 0 Å². The Morgan fingerprint density at radius 2 is 0.900 bits per heavy atom. The van der Waals surface area contributed by atoms with E-state index in [9.17, 15) is 0 Å². The quantitative estimate of drug-likeness (QED) is 0.514. The zero-order valence-electron chi connectivity index (χ0n) is 11.5. The van der Waals surface area contributed by atoms with Gasteiger partial charge in [-0.2, -0.15) is 0 Å². The van der Waals surface area contributed by atoms with E-state index in [0.717, 1.165) is 8.96 Å². The van der Waals surface area contributed by atoms with Crippen LogP contribution in [0.5, 0.6) is 0 Å². The van der Waals surface area contributed by atoms with Gasteiger partial charge in [0.15, 0.2) is 0 Å². The van der Waals surface area contributed by atoms with Crippen LogP contribution in [-0.4, -0.2) is 0 Å². The summed E-state index contributed by atoms with van der Waals surface area (Å²) >= 11 is 7.43. The van der Waals surface area contributed by atoms with Gasteiger partial charge in [-0.1, -0.05) is 60.7 Å². The molecule has 0 atom stereocenters. The molecular formula is C18H16Br2. The van der Waals surface area contributed by atoms with Crippen molar-refractivity contribution in [1.29, 1.82) is 0 Å². The second kappa shape index (κ2) is 7.05. The lowest BCUT2D eigenvalue weighted by Crippen LogP contribution is -1.88. The van der Waals surface area contributed by atoms with Crippen LogP contribution in [0.3, 0.4) is 0 Å². The molecule has 0 nitrogen and oxygen atoms in total. The van der Waals surface area contributed by atoms with Crippen molar-refractivity contribution in [2.45, 2.75) is 13.8 Å². The van der Waals surface area contributed by atoms with Crippen molar-refractivity contribution in [3.8, 4) is 0 Å². The van der Waals surface area contributed by atoms with E-state index >= 15 is 0 Å². The Bertz CT molecular complexity index is 578. The monoisotopic (exact) mass is 390 g/mol. The summed E-state index contributed by atoms with van der Waals surface area (Å²) < 4.78 is 2.26. The van der Waals surface area contributed by atoms with Gasteiger partial charge in [0.25, 0.3) is 0 Å². The van der Waals surface area contributed by atoms with Gasteiger partial charge in [0.2, 0.25) is 0 Å². The molecule has 0 bridgehead atoms. The van der Waals surface area contributed by atoms with Gasteiger partial charge < -0.3 is 0 Å². The van der Waals surface area contributed by atoms with E-state index in [-0.39, 0.29) is 0 Å². The molecule has 0 saturated carbocycles. The van der Waals surface area contributed by atoms with Crippen LogP contribution in [0.1, 0.15) is 25.0 Å². The van der Waals surface area contributed by atoms with Crippen molar-refractivity contribution in [3.63, 3.8) is 0 Å². The summed E-state index contributed by atoms with van der Waals surface area (Å²) in [4.78, 5) is 0. The highest BCUT2D eigenvalue weighted by Crippen LogP contribution is 2.34. The van der Waals surface area contributed by atoms with Crippen molar-refractivity contribution in [3.05, 3.63) is 82.9 Å². The van der Waals surface area contributed by atoms with Crippen molar-refractivity contribution in [1.82, 2.24) is 0 Å². The predicted molar refractivity (Wildman–Crippen MR) is 95.9 cm³/mol. The second-order valence-corrected chi connectivity index (χ2v) is 6.20. The molecule has 0 saturated heterocycles. The lowest BCUT2D eigenvalue weighted by molar-refractivity contribution is 1.38. The van der Waals surface area contributed by atoms with Crippen molar-refractivity contribution >= 4 is 40.8 Å². The number of hydrogen-bond acceptors (Lipinski definition) is 0. The Morgan fingerprint density at radius 1 is 0.600 bits per heavy atom. The summed E-state index contributed by atoms with van der Waals surface area (Å²) in [5.41, 5.74) is 4.84. The largest absolute Gasteiger partial charge is 0.0622 e. The highest BCUT2D eigenvalue weighted by atomic mass is 79.9. The molecular weight excluding hydrogens is 376 g/mol. The van der Waals surface area contributed by atoms with E-state index in [1.165, 1.54) is 22.3 Å². The average Bonchev–Trinajstić information content (AvgIpc) is 2.53. The zero-order chi connectivity index (χ0) is 14.5. The average molecular weight is 392 g/mol. The number of benzene rings is 2. The highest BCUT2D eigenvalue weighted by molar-refractivity contribution is 9.15. The van der Waals surface area contributed by atoms with Crippen molar-refractivity contribution in [2.75, 3.05) is 0 Å². The Balaban J connectivity index is 2.44. The Kier molecular flexibility index (Phi) is 5.38. The summed E-state index contributed by atoms with van der Waals surface area (Å²) in [6.45, 7) is 4.27. The molecule has 0 heterocycles. The second-order valence-electron chi connectivity index (χ2n) is 4.61. The lowest BCUT2D eigenvalue weighted by Gasteiger charge is -2.10. The van der Waals surface area contributed by atoms with E-state index in [2.05, 4.69) is 94.2 Å². The van der Waals surface area contributed by atoms with Crippen LogP contribution in [0.2, 0.25) is 0 Å². The molecule has 0 aliphatic rings. The Labute approximate surface area is 137 Å². The first-order valence-electron chi connectivity index (χ1n) is 6.45. The number of allylic oxidation sites excluding steroid dienone is 2. The first-order chi connectivity index (χ1) is 9.61. The summed E-state index contributed by atoms with van der Waals surface area (Å²) in [5, 5.41) is 0. The van der Waals surface area contributed by atoms with E-state index in [1.54, 1.807) is 0 Å². The maximum Gasteiger partial charge on any atom is 0.0279 e. The first kappa shape index (κ1) is 15.3. The fourth-order valence-electron chi connectivity index (χ4n) is 1.93. The molecule has 20 heavy (non-hydrogen) atoms. The molecule has 0 N–H and O–H groups in total. The topological polar surface area (TPSA) is 0 Å². The van der Waals surface area contributed by atoms with Crippen LogP contribution in [0.25, 0.3) is 8.96 Å². The predicted octanol–water partition coefficient (Wildman–Crippen LogP) is 6.64. The molecule has 0 fully saturated rings. The molecule has 0 aliphatic carbocycles. The minimum atomic E-state index is 1.13. The molecule has 102 valence electrons. The minimum Gasteiger partial charge on any atom is -0.0622 e. The van der Waals surface area contributed by atoms with Crippen LogP contribution in [0.15, 0.2) is 71.8 Å². The van der Waals surface area contributed by atoms with Gasteiger partial charge in [-0.25, -0.2) is 0 Å². The third-order valence-corrected chi connectivity index (χ3v) is 5.38.